The Kier molecular flexibility index (Phi) is 4.39. The highest BCUT2D eigenvalue weighted by Crippen LogP contribution is 2.27. The lowest BCUT2D eigenvalue weighted by atomic mass is 10.1. The van der Waals surface area contributed by atoms with Crippen molar-refractivity contribution < 1.29 is 0 Å². The van der Waals surface area contributed by atoms with Gasteiger partial charge in [-0.3, -0.25) is 0 Å². The third kappa shape index (κ3) is 3.34. The first-order chi connectivity index (χ1) is 8.69. The lowest BCUT2D eigenvalue weighted by molar-refractivity contribution is 0.809. The van der Waals surface area contributed by atoms with Crippen LogP contribution >= 0.6 is 11.8 Å². The van der Waals surface area contributed by atoms with E-state index >= 15 is 0 Å². The average molecular weight is 258 g/mol. The van der Waals surface area contributed by atoms with Crippen LogP contribution in [0.5, 0.6) is 0 Å². The predicted octanol–water partition coefficient (Wildman–Crippen LogP) is 3.57. The van der Waals surface area contributed by atoms with Crippen LogP contribution in [-0.2, 0) is 6.54 Å². The van der Waals surface area contributed by atoms with Gasteiger partial charge in [0.15, 0.2) is 0 Å². The molecule has 3 heteroatoms. The van der Waals surface area contributed by atoms with E-state index in [0.29, 0.717) is 0 Å². The minimum atomic E-state index is 0.863. The van der Waals surface area contributed by atoms with Crippen LogP contribution in [0.4, 0.5) is 0 Å². The molecule has 0 aliphatic rings. The summed E-state index contributed by atoms with van der Waals surface area (Å²) in [6.07, 6.45) is 1.93. The molecule has 2 aromatic rings. The van der Waals surface area contributed by atoms with E-state index in [4.69, 9.17) is 0 Å². The average Bonchev–Trinajstić information content (AvgIpc) is 2.37. The van der Waals surface area contributed by atoms with E-state index in [-0.39, 0.29) is 0 Å². The number of benzene rings is 1. The molecule has 0 bridgehead atoms. The van der Waals surface area contributed by atoms with Gasteiger partial charge >= 0.3 is 0 Å². The van der Waals surface area contributed by atoms with Gasteiger partial charge in [-0.1, -0.05) is 23.9 Å². The van der Waals surface area contributed by atoms with E-state index in [0.717, 1.165) is 11.6 Å². The minimum absolute atomic E-state index is 0.863. The summed E-state index contributed by atoms with van der Waals surface area (Å²) in [6, 6.07) is 10.7. The van der Waals surface area contributed by atoms with Crippen molar-refractivity contribution in [2.24, 2.45) is 0 Å². The molecule has 2 rings (SSSR count). The summed E-state index contributed by atoms with van der Waals surface area (Å²) in [5.74, 6) is 0. The van der Waals surface area contributed by atoms with Crippen molar-refractivity contribution in [2.75, 3.05) is 7.05 Å². The summed E-state index contributed by atoms with van der Waals surface area (Å²) in [5, 5.41) is 4.16. The number of aromatic nitrogens is 1. The number of nitrogens with zero attached hydrogens (tertiary/aromatic N) is 1. The van der Waals surface area contributed by atoms with Crippen LogP contribution in [0.1, 0.15) is 16.7 Å². The van der Waals surface area contributed by atoms with Gasteiger partial charge in [-0.15, -0.1) is 0 Å². The number of aryl methyl sites for hydroxylation is 2. The molecule has 2 nitrogen and oxygen atoms in total. The minimum Gasteiger partial charge on any atom is -0.316 e. The zero-order valence-electron chi connectivity index (χ0n) is 11.0. The second-order valence-electron chi connectivity index (χ2n) is 4.38. The number of hydrogen-bond donors (Lipinski definition) is 1. The van der Waals surface area contributed by atoms with Crippen LogP contribution in [0.15, 0.2) is 46.5 Å². The van der Waals surface area contributed by atoms with Crippen LogP contribution in [0.3, 0.4) is 0 Å². The van der Waals surface area contributed by atoms with Crippen molar-refractivity contribution in [3.8, 4) is 0 Å². The quantitative estimate of drug-likeness (QED) is 0.907. The summed E-state index contributed by atoms with van der Waals surface area (Å²) >= 11 is 1.71. The van der Waals surface area contributed by atoms with Gasteiger partial charge in [-0.25, -0.2) is 4.98 Å². The molecule has 1 aromatic carbocycles. The van der Waals surface area contributed by atoms with Crippen LogP contribution in [0.25, 0.3) is 0 Å². The monoisotopic (exact) mass is 258 g/mol. The fourth-order valence-electron chi connectivity index (χ4n) is 1.68. The molecular formula is C15H18N2S. The molecule has 0 spiro atoms. The van der Waals surface area contributed by atoms with Gasteiger partial charge in [0, 0.05) is 17.6 Å². The Hall–Kier alpha value is -1.32. The van der Waals surface area contributed by atoms with Gasteiger partial charge in [0.05, 0.1) is 0 Å². The summed E-state index contributed by atoms with van der Waals surface area (Å²) in [6.45, 7) is 5.14. The van der Waals surface area contributed by atoms with E-state index in [1.807, 2.05) is 13.2 Å². The van der Waals surface area contributed by atoms with Crippen molar-refractivity contribution in [1.82, 2.24) is 10.3 Å². The van der Waals surface area contributed by atoms with Crippen molar-refractivity contribution in [2.45, 2.75) is 30.3 Å². The van der Waals surface area contributed by atoms with Crippen LogP contribution < -0.4 is 5.32 Å². The van der Waals surface area contributed by atoms with Crippen molar-refractivity contribution >= 4 is 11.8 Å². The highest BCUT2D eigenvalue weighted by molar-refractivity contribution is 7.99. The summed E-state index contributed by atoms with van der Waals surface area (Å²) in [7, 11) is 1.94. The second kappa shape index (κ2) is 6.03. The van der Waals surface area contributed by atoms with Crippen molar-refractivity contribution in [1.29, 1.82) is 0 Å². The lowest BCUT2D eigenvalue weighted by Crippen LogP contribution is -2.04. The van der Waals surface area contributed by atoms with Gasteiger partial charge in [0.1, 0.15) is 5.03 Å². The third-order valence-electron chi connectivity index (χ3n) is 2.88. The number of pyridine rings is 1. The normalized spacial score (nSPS) is 10.6. The summed E-state index contributed by atoms with van der Waals surface area (Å²) in [4.78, 5) is 5.71. The third-order valence-corrected chi connectivity index (χ3v) is 3.82. The molecule has 0 amide bonds. The Balaban J connectivity index is 2.10. The van der Waals surface area contributed by atoms with E-state index in [2.05, 4.69) is 54.5 Å². The molecule has 0 saturated carbocycles. The van der Waals surface area contributed by atoms with Crippen molar-refractivity contribution in [3.63, 3.8) is 0 Å². The van der Waals surface area contributed by atoms with Crippen LogP contribution in [-0.4, -0.2) is 12.0 Å². The van der Waals surface area contributed by atoms with E-state index in [1.165, 1.54) is 21.6 Å². The number of nitrogens with one attached hydrogen (secondary N) is 1. The first kappa shape index (κ1) is 13.1. The molecule has 1 heterocycles. The Bertz CT molecular complexity index is 521. The van der Waals surface area contributed by atoms with Crippen molar-refractivity contribution in [3.05, 3.63) is 53.2 Å². The van der Waals surface area contributed by atoms with Gasteiger partial charge < -0.3 is 5.32 Å². The number of rotatable bonds is 4. The molecule has 94 valence electrons. The van der Waals surface area contributed by atoms with E-state index in [9.17, 15) is 0 Å². The molecule has 0 aliphatic heterocycles. The standard InChI is InChI=1S/C15H18N2S/c1-11-4-6-14(8-12(11)2)18-15-7-5-13(9-16-3)10-17-15/h4-8,10,16H,9H2,1-3H3. The molecule has 0 unspecified atom stereocenters. The molecule has 1 N–H and O–H groups in total. The maximum absolute atomic E-state index is 4.47. The van der Waals surface area contributed by atoms with Crippen LogP contribution in [0, 0.1) is 13.8 Å². The Morgan fingerprint density at radius 1 is 1.11 bits per heavy atom. The molecule has 1 aromatic heterocycles. The van der Waals surface area contributed by atoms with Gasteiger partial charge in [-0.05, 0) is 55.8 Å². The number of hydrogen-bond acceptors (Lipinski definition) is 3. The molecule has 0 fully saturated rings. The molecule has 0 saturated heterocycles. The highest BCUT2D eigenvalue weighted by atomic mass is 32.2. The zero-order valence-corrected chi connectivity index (χ0v) is 11.8. The lowest BCUT2D eigenvalue weighted by Gasteiger charge is -2.05. The fourth-order valence-corrected chi connectivity index (χ4v) is 2.53. The molecule has 18 heavy (non-hydrogen) atoms. The Morgan fingerprint density at radius 3 is 2.56 bits per heavy atom. The Labute approximate surface area is 113 Å². The Morgan fingerprint density at radius 2 is 1.94 bits per heavy atom. The summed E-state index contributed by atoms with van der Waals surface area (Å²) < 4.78 is 0. The van der Waals surface area contributed by atoms with Crippen LogP contribution in [0.2, 0.25) is 0 Å². The SMILES string of the molecule is CNCc1ccc(Sc2ccc(C)c(C)c2)nc1. The molecule has 0 aliphatic carbocycles. The smallest absolute Gasteiger partial charge is 0.101 e. The second-order valence-corrected chi connectivity index (χ2v) is 5.48. The van der Waals surface area contributed by atoms with E-state index in [1.54, 1.807) is 11.8 Å². The molecule has 0 radical (unpaired) electrons. The van der Waals surface area contributed by atoms with Gasteiger partial charge in [0.25, 0.3) is 0 Å². The van der Waals surface area contributed by atoms with Gasteiger partial charge in [0.2, 0.25) is 0 Å². The predicted molar refractivity (Wildman–Crippen MR) is 77.0 cm³/mol. The first-order valence-electron chi connectivity index (χ1n) is 6.03. The molecule has 0 atom stereocenters. The molecular weight excluding hydrogens is 240 g/mol. The largest absolute Gasteiger partial charge is 0.316 e. The van der Waals surface area contributed by atoms with Gasteiger partial charge in [-0.2, -0.15) is 0 Å². The maximum atomic E-state index is 4.47. The fraction of sp³-hybridized carbons (Fsp3) is 0.267. The van der Waals surface area contributed by atoms with E-state index < -0.39 is 0 Å². The zero-order chi connectivity index (χ0) is 13.0. The highest BCUT2D eigenvalue weighted by Gasteiger charge is 2.01. The first-order valence-corrected chi connectivity index (χ1v) is 6.85. The topological polar surface area (TPSA) is 24.9 Å². The maximum Gasteiger partial charge on any atom is 0.101 e. The summed E-state index contributed by atoms with van der Waals surface area (Å²) in [5.41, 5.74) is 3.87.